The van der Waals surface area contributed by atoms with E-state index in [-0.39, 0.29) is 17.8 Å². The zero-order chi connectivity index (χ0) is 27.0. The van der Waals surface area contributed by atoms with Gasteiger partial charge in [0.2, 0.25) is 0 Å². The maximum absolute atomic E-state index is 11.3. The summed E-state index contributed by atoms with van der Waals surface area (Å²) in [6, 6.07) is 0. The molecule has 1 aliphatic rings. The molecule has 0 aliphatic carbocycles. The lowest BCUT2D eigenvalue weighted by Crippen LogP contribution is -2.37. The molecule has 36 heavy (non-hydrogen) atoms. The van der Waals surface area contributed by atoms with E-state index in [0.717, 1.165) is 65.9 Å². The minimum absolute atomic E-state index is 0.0750. The lowest BCUT2D eigenvalue weighted by atomic mass is 9.82. The summed E-state index contributed by atoms with van der Waals surface area (Å²) in [5.41, 5.74) is 3.16. The van der Waals surface area contributed by atoms with Crippen molar-refractivity contribution in [2.45, 2.75) is 136 Å². The second-order valence-electron chi connectivity index (χ2n) is 12.3. The molecule has 0 aromatic heterocycles. The summed E-state index contributed by atoms with van der Waals surface area (Å²) >= 11 is 3.51. The third-order valence-corrected chi connectivity index (χ3v) is 9.09. The summed E-state index contributed by atoms with van der Waals surface area (Å²) in [7, 11) is 0. The highest BCUT2D eigenvalue weighted by atomic mass is 79.9. The van der Waals surface area contributed by atoms with Gasteiger partial charge in [-0.2, -0.15) is 0 Å². The number of hydrogen-bond acceptors (Lipinski definition) is 3. The topological polar surface area (TPSA) is 66.8 Å². The maximum Gasteiger partial charge on any atom is 0.304 e. The maximum atomic E-state index is 11.3. The van der Waals surface area contributed by atoms with E-state index in [1.165, 1.54) is 44.9 Å². The van der Waals surface area contributed by atoms with Crippen LogP contribution in [0.3, 0.4) is 0 Å². The van der Waals surface area contributed by atoms with Gasteiger partial charge in [0.15, 0.2) is 0 Å². The predicted octanol–water partition coefficient (Wildman–Crippen LogP) is 9.44. The first-order valence-corrected chi connectivity index (χ1v) is 15.2. The smallest absolute Gasteiger partial charge is 0.304 e. The number of ether oxygens (including phenoxy) is 1. The molecule has 4 atom stereocenters. The van der Waals surface area contributed by atoms with E-state index in [1.54, 1.807) is 0 Å². The standard InChI is InChI=1S/C31H51BrO4/c1-20(2)11-8-12-21(3)13-9-14-22(4)15-10-17-31(7)18-16-25-28(26(32)19-27(33)34)29(35)23(5)24(6)30(25)36-31/h20-22,26,35H,8-19H2,1-7H3,(H,33,34). The molecule has 4 nitrogen and oxygen atoms in total. The van der Waals surface area contributed by atoms with Gasteiger partial charge in [0.1, 0.15) is 17.1 Å². The molecule has 1 aromatic rings. The Morgan fingerprint density at radius 2 is 1.53 bits per heavy atom. The van der Waals surface area contributed by atoms with Crippen molar-refractivity contribution in [1.82, 2.24) is 0 Å². The fourth-order valence-electron chi connectivity index (χ4n) is 5.69. The van der Waals surface area contributed by atoms with Gasteiger partial charge in [-0.1, -0.05) is 88.6 Å². The Morgan fingerprint density at radius 1 is 0.972 bits per heavy atom. The molecule has 0 saturated heterocycles. The highest BCUT2D eigenvalue weighted by Gasteiger charge is 2.36. The molecule has 0 bridgehead atoms. The number of alkyl halides is 1. The molecule has 1 aliphatic heterocycles. The Morgan fingerprint density at radius 3 is 2.08 bits per heavy atom. The molecule has 206 valence electrons. The lowest BCUT2D eigenvalue weighted by molar-refractivity contribution is -0.136. The Bertz CT molecular complexity index is 865. The molecule has 1 aromatic carbocycles. The minimum Gasteiger partial charge on any atom is -0.507 e. The van der Waals surface area contributed by atoms with E-state index >= 15 is 0 Å². The fraction of sp³-hybridized carbons (Fsp3) is 0.774. The molecule has 5 heteroatoms. The van der Waals surface area contributed by atoms with Gasteiger partial charge in [0.25, 0.3) is 0 Å². The van der Waals surface area contributed by atoms with E-state index in [2.05, 4.69) is 50.5 Å². The van der Waals surface area contributed by atoms with Crippen LogP contribution in [0, 0.1) is 31.6 Å². The molecule has 1 heterocycles. The number of phenols is 1. The summed E-state index contributed by atoms with van der Waals surface area (Å²) in [5, 5.41) is 20.1. The van der Waals surface area contributed by atoms with Gasteiger partial charge >= 0.3 is 5.97 Å². The number of aliphatic carboxylic acids is 1. The van der Waals surface area contributed by atoms with Gasteiger partial charge in [-0.05, 0) is 75.3 Å². The van der Waals surface area contributed by atoms with E-state index in [4.69, 9.17) is 4.74 Å². The highest BCUT2D eigenvalue weighted by Crippen LogP contribution is 2.49. The molecule has 0 fully saturated rings. The number of fused-ring (bicyclic) bond motifs is 1. The van der Waals surface area contributed by atoms with Crippen LogP contribution in [0.5, 0.6) is 11.5 Å². The van der Waals surface area contributed by atoms with Gasteiger partial charge in [-0.25, -0.2) is 0 Å². The fourth-order valence-corrected chi connectivity index (χ4v) is 6.46. The van der Waals surface area contributed by atoms with Gasteiger partial charge in [0, 0.05) is 11.1 Å². The number of aromatic hydroxyl groups is 1. The number of benzene rings is 1. The summed E-state index contributed by atoms with van der Waals surface area (Å²) < 4.78 is 6.65. The molecule has 2 N–H and O–H groups in total. The Balaban J connectivity index is 1.90. The predicted molar refractivity (Wildman–Crippen MR) is 154 cm³/mol. The highest BCUT2D eigenvalue weighted by molar-refractivity contribution is 9.09. The summed E-state index contributed by atoms with van der Waals surface area (Å²) in [6.07, 6.45) is 13.1. The Hall–Kier alpha value is -1.23. The third-order valence-electron chi connectivity index (χ3n) is 8.31. The van der Waals surface area contributed by atoms with Crippen molar-refractivity contribution in [2.24, 2.45) is 17.8 Å². The number of phenolic OH excluding ortho intramolecular Hbond substituents is 1. The van der Waals surface area contributed by atoms with Crippen LogP contribution in [-0.4, -0.2) is 21.8 Å². The quantitative estimate of drug-likeness (QED) is 0.207. The van der Waals surface area contributed by atoms with Gasteiger partial charge < -0.3 is 14.9 Å². The van der Waals surface area contributed by atoms with Crippen molar-refractivity contribution in [3.8, 4) is 11.5 Å². The zero-order valence-electron chi connectivity index (χ0n) is 23.9. The molecule has 0 amide bonds. The molecule has 0 radical (unpaired) electrons. The monoisotopic (exact) mass is 566 g/mol. The first kappa shape index (κ1) is 31.0. The summed E-state index contributed by atoms with van der Waals surface area (Å²) in [6.45, 7) is 15.5. The normalized spacial score (nSPS) is 20.0. The lowest BCUT2D eigenvalue weighted by Gasteiger charge is -2.39. The van der Waals surface area contributed by atoms with Gasteiger partial charge in [-0.3, -0.25) is 4.79 Å². The van der Waals surface area contributed by atoms with Crippen molar-refractivity contribution in [3.05, 3.63) is 22.3 Å². The molecule has 0 spiro atoms. The summed E-state index contributed by atoms with van der Waals surface area (Å²) in [4.78, 5) is 10.9. The van der Waals surface area contributed by atoms with Crippen LogP contribution < -0.4 is 4.74 Å². The van der Waals surface area contributed by atoms with Gasteiger partial charge in [0.05, 0.1) is 11.2 Å². The number of rotatable bonds is 15. The van der Waals surface area contributed by atoms with Crippen LogP contribution in [0.1, 0.15) is 132 Å². The average molecular weight is 568 g/mol. The molecule has 2 rings (SSSR count). The van der Waals surface area contributed by atoms with Crippen LogP contribution in [-0.2, 0) is 11.2 Å². The summed E-state index contributed by atoms with van der Waals surface area (Å²) in [5.74, 6) is 2.56. The van der Waals surface area contributed by atoms with Crippen LogP contribution in [0.4, 0.5) is 0 Å². The van der Waals surface area contributed by atoms with Crippen molar-refractivity contribution in [2.75, 3.05) is 0 Å². The van der Waals surface area contributed by atoms with Crippen LogP contribution in [0.15, 0.2) is 0 Å². The van der Waals surface area contributed by atoms with Crippen LogP contribution >= 0.6 is 15.9 Å². The number of hydrogen-bond donors (Lipinski definition) is 2. The number of carbonyl (C=O) groups is 1. The van der Waals surface area contributed by atoms with E-state index < -0.39 is 10.8 Å². The van der Waals surface area contributed by atoms with Crippen molar-refractivity contribution in [1.29, 1.82) is 0 Å². The first-order valence-electron chi connectivity index (χ1n) is 14.2. The molecular weight excluding hydrogens is 516 g/mol. The second kappa shape index (κ2) is 14.1. The van der Waals surface area contributed by atoms with Crippen molar-refractivity contribution in [3.63, 3.8) is 0 Å². The Labute approximate surface area is 228 Å². The third kappa shape index (κ3) is 8.96. The number of carboxylic acids is 1. The van der Waals surface area contributed by atoms with E-state index in [1.807, 2.05) is 13.8 Å². The van der Waals surface area contributed by atoms with Crippen molar-refractivity contribution < 1.29 is 19.7 Å². The van der Waals surface area contributed by atoms with E-state index in [0.29, 0.717) is 5.56 Å². The second-order valence-corrected chi connectivity index (χ2v) is 13.4. The van der Waals surface area contributed by atoms with Crippen LogP contribution in [0.25, 0.3) is 0 Å². The first-order chi connectivity index (χ1) is 16.8. The number of carboxylic acid groups (broad SMARTS) is 1. The SMILES string of the molecule is Cc1c(C)c2c(c(C(Br)CC(=O)O)c1O)CCC(C)(CCCC(C)CCCC(C)CCCC(C)C)O2. The molecule has 4 unspecified atom stereocenters. The largest absolute Gasteiger partial charge is 0.507 e. The average Bonchev–Trinajstić information content (AvgIpc) is 2.77. The Kier molecular flexibility index (Phi) is 12.1. The molecular formula is C31H51BrO4. The minimum atomic E-state index is -0.889. The van der Waals surface area contributed by atoms with E-state index in [9.17, 15) is 15.0 Å². The van der Waals surface area contributed by atoms with Crippen LogP contribution in [0.2, 0.25) is 0 Å². The number of halogens is 1. The van der Waals surface area contributed by atoms with Crippen molar-refractivity contribution >= 4 is 21.9 Å². The molecule has 0 saturated carbocycles. The zero-order valence-corrected chi connectivity index (χ0v) is 25.5. The van der Waals surface area contributed by atoms with Gasteiger partial charge in [-0.15, -0.1) is 0 Å².